The quantitative estimate of drug-likeness (QED) is 0.664. The number of aromatic nitrogens is 3. The standard InChI is InChI=1S/C7H11ClN6/c8-5-6(10)11-7(13-12-5)14-2-1-4(9)3-14/h4H,1-3,9H2,(H2,10,11,13)/t4-/m1/s1. The second-order valence-electron chi connectivity index (χ2n) is 3.28. The molecule has 1 saturated heterocycles. The molecule has 0 spiro atoms. The van der Waals surface area contributed by atoms with E-state index in [9.17, 15) is 0 Å². The van der Waals surface area contributed by atoms with Crippen molar-refractivity contribution >= 4 is 23.4 Å². The Hall–Kier alpha value is -1.14. The molecule has 6 nitrogen and oxygen atoms in total. The maximum atomic E-state index is 5.76. The van der Waals surface area contributed by atoms with E-state index in [4.69, 9.17) is 23.1 Å². The molecule has 4 N–H and O–H groups in total. The lowest BCUT2D eigenvalue weighted by Gasteiger charge is -2.14. The van der Waals surface area contributed by atoms with E-state index >= 15 is 0 Å². The largest absolute Gasteiger partial charge is 0.381 e. The first-order chi connectivity index (χ1) is 6.66. The van der Waals surface area contributed by atoms with Crippen LogP contribution in [0.3, 0.4) is 0 Å². The number of anilines is 2. The fourth-order valence-electron chi connectivity index (χ4n) is 1.42. The molecule has 0 amide bonds. The van der Waals surface area contributed by atoms with Gasteiger partial charge in [-0.25, -0.2) is 0 Å². The summed E-state index contributed by atoms with van der Waals surface area (Å²) in [5.41, 5.74) is 11.3. The lowest BCUT2D eigenvalue weighted by atomic mass is 10.3. The number of hydrogen-bond donors (Lipinski definition) is 2. The van der Waals surface area contributed by atoms with Crippen molar-refractivity contribution < 1.29 is 0 Å². The minimum absolute atomic E-state index is 0.136. The predicted octanol–water partition coefficient (Wildman–Crippen LogP) is -0.355. The smallest absolute Gasteiger partial charge is 0.247 e. The Morgan fingerprint density at radius 1 is 1.43 bits per heavy atom. The summed E-state index contributed by atoms with van der Waals surface area (Å²) in [7, 11) is 0. The van der Waals surface area contributed by atoms with Crippen LogP contribution in [0.2, 0.25) is 5.15 Å². The molecule has 1 aliphatic heterocycles. The van der Waals surface area contributed by atoms with Crippen LogP contribution in [0.4, 0.5) is 11.8 Å². The van der Waals surface area contributed by atoms with E-state index in [1.54, 1.807) is 0 Å². The Kier molecular flexibility index (Phi) is 2.39. The summed E-state index contributed by atoms with van der Waals surface area (Å²) >= 11 is 5.61. The van der Waals surface area contributed by atoms with Gasteiger partial charge in [-0.05, 0) is 6.42 Å². The molecular weight excluding hydrogens is 204 g/mol. The van der Waals surface area contributed by atoms with Crippen LogP contribution < -0.4 is 16.4 Å². The summed E-state index contributed by atoms with van der Waals surface area (Å²) < 4.78 is 0. The third-order valence-electron chi connectivity index (χ3n) is 2.17. The zero-order valence-corrected chi connectivity index (χ0v) is 8.28. The molecule has 0 saturated carbocycles. The molecule has 0 bridgehead atoms. The molecule has 1 aromatic heterocycles. The van der Waals surface area contributed by atoms with Crippen molar-refractivity contribution in [2.24, 2.45) is 5.73 Å². The summed E-state index contributed by atoms with van der Waals surface area (Å²) in [6, 6.07) is 0.176. The second kappa shape index (κ2) is 3.55. The highest BCUT2D eigenvalue weighted by Crippen LogP contribution is 2.18. The van der Waals surface area contributed by atoms with Crippen molar-refractivity contribution in [2.75, 3.05) is 23.7 Å². The molecule has 14 heavy (non-hydrogen) atoms. The van der Waals surface area contributed by atoms with E-state index in [1.807, 2.05) is 4.90 Å². The van der Waals surface area contributed by atoms with Gasteiger partial charge >= 0.3 is 0 Å². The molecule has 2 rings (SSSR count). The van der Waals surface area contributed by atoms with Gasteiger partial charge in [0.25, 0.3) is 0 Å². The summed E-state index contributed by atoms with van der Waals surface area (Å²) in [4.78, 5) is 5.98. The first kappa shape index (κ1) is 9.42. The highest BCUT2D eigenvalue weighted by Gasteiger charge is 2.22. The van der Waals surface area contributed by atoms with Gasteiger partial charge in [-0.2, -0.15) is 4.98 Å². The number of nitrogens with two attached hydrogens (primary N) is 2. The second-order valence-corrected chi connectivity index (χ2v) is 3.64. The van der Waals surface area contributed by atoms with E-state index in [2.05, 4.69) is 15.2 Å². The first-order valence-electron chi connectivity index (χ1n) is 4.33. The first-order valence-corrected chi connectivity index (χ1v) is 4.71. The molecule has 0 radical (unpaired) electrons. The molecular formula is C7H11ClN6. The number of nitrogens with zero attached hydrogens (tertiary/aromatic N) is 4. The average Bonchev–Trinajstić information content (AvgIpc) is 2.57. The topological polar surface area (TPSA) is 94.0 Å². The third-order valence-corrected chi connectivity index (χ3v) is 2.44. The van der Waals surface area contributed by atoms with Gasteiger partial charge in [-0.15, -0.1) is 10.2 Å². The van der Waals surface area contributed by atoms with Crippen LogP contribution in [-0.2, 0) is 0 Å². The number of halogens is 1. The summed E-state index contributed by atoms with van der Waals surface area (Å²) in [5.74, 6) is 0.706. The van der Waals surface area contributed by atoms with Crippen molar-refractivity contribution in [3.8, 4) is 0 Å². The fourth-order valence-corrected chi connectivity index (χ4v) is 1.50. The number of nitrogen functional groups attached to an aromatic ring is 1. The van der Waals surface area contributed by atoms with Gasteiger partial charge in [0.15, 0.2) is 11.0 Å². The van der Waals surface area contributed by atoms with E-state index in [1.165, 1.54) is 0 Å². The van der Waals surface area contributed by atoms with E-state index in [0.29, 0.717) is 5.95 Å². The van der Waals surface area contributed by atoms with Crippen LogP contribution in [-0.4, -0.2) is 34.3 Å². The van der Waals surface area contributed by atoms with Gasteiger partial charge < -0.3 is 16.4 Å². The molecule has 0 aromatic carbocycles. The summed E-state index contributed by atoms with van der Waals surface area (Å²) in [6.45, 7) is 1.58. The molecule has 76 valence electrons. The van der Waals surface area contributed by atoms with Crippen molar-refractivity contribution in [1.29, 1.82) is 0 Å². The molecule has 0 aliphatic carbocycles. The summed E-state index contributed by atoms with van der Waals surface area (Å²) in [6.07, 6.45) is 0.936. The van der Waals surface area contributed by atoms with Gasteiger partial charge in [0.1, 0.15) is 0 Å². The zero-order valence-electron chi connectivity index (χ0n) is 7.52. The fraction of sp³-hybridized carbons (Fsp3) is 0.571. The van der Waals surface area contributed by atoms with E-state index in [0.717, 1.165) is 19.5 Å². The monoisotopic (exact) mass is 214 g/mol. The maximum absolute atomic E-state index is 5.76. The third kappa shape index (κ3) is 1.71. The molecule has 1 aromatic rings. The van der Waals surface area contributed by atoms with E-state index in [-0.39, 0.29) is 17.0 Å². The van der Waals surface area contributed by atoms with Crippen LogP contribution >= 0.6 is 11.6 Å². The molecule has 2 heterocycles. The average molecular weight is 215 g/mol. The van der Waals surface area contributed by atoms with Crippen LogP contribution in [0.15, 0.2) is 0 Å². The van der Waals surface area contributed by atoms with E-state index < -0.39 is 0 Å². The van der Waals surface area contributed by atoms with Gasteiger partial charge in [0, 0.05) is 19.1 Å². The minimum atomic E-state index is 0.136. The molecule has 1 aliphatic rings. The summed E-state index contributed by atoms with van der Waals surface area (Å²) in [5, 5.41) is 7.68. The Labute approximate surface area is 86.3 Å². The lowest BCUT2D eigenvalue weighted by molar-refractivity contribution is 0.748. The van der Waals surface area contributed by atoms with Crippen molar-refractivity contribution in [3.05, 3.63) is 5.15 Å². The Bertz CT molecular complexity index is 343. The van der Waals surface area contributed by atoms with Crippen molar-refractivity contribution in [2.45, 2.75) is 12.5 Å². The molecule has 1 fully saturated rings. The minimum Gasteiger partial charge on any atom is -0.381 e. The number of rotatable bonds is 1. The van der Waals surface area contributed by atoms with Crippen LogP contribution in [0.1, 0.15) is 6.42 Å². The highest BCUT2D eigenvalue weighted by atomic mass is 35.5. The lowest BCUT2D eigenvalue weighted by Crippen LogP contribution is -2.28. The van der Waals surface area contributed by atoms with Gasteiger partial charge in [0.05, 0.1) is 0 Å². The van der Waals surface area contributed by atoms with Crippen LogP contribution in [0, 0.1) is 0 Å². The molecule has 1 atom stereocenters. The molecule has 7 heteroatoms. The van der Waals surface area contributed by atoms with Gasteiger partial charge in [0.2, 0.25) is 5.95 Å². The van der Waals surface area contributed by atoms with Crippen molar-refractivity contribution in [1.82, 2.24) is 15.2 Å². The Balaban J connectivity index is 2.20. The SMILES string of the molecule is Nc1nc(N2CC[C@@H](N)C2)nnc1Cl. The van der Waals surface area contributed by atoms with Crippen molar-refractivity contribution in [3.63, 3.8) is 0 Å². The highest BCUT2D eigenvalue weighted by molar-refractivity contribution is 6.31. The number of hydrogen-bond acceptors (Lipinski definition) is 6. The molecule has 0 unspecified atom stereocenters. The zero-order chi connectivity index (χ0) is 10.1. The Morgan fingerprint density at radius 3 is 2.79 bits per heavy atom. The Morgan fingerprint density at radius 2 is 2.21 bits per heavy atom. The van der Waals surface area contributed by atoms with Gasteiger partial charge in [-0.1, -0.05) is 11.6 Å². The van der Waals surface area contributed by atoms with Crippen LogP contribution in [0.25, 0.3) is 0 Å². The van der Waals surface area contributed by atoms with Crippen LogP contribution in [0.5, 0.6) is 0 Å². The maximum Gasteiger partial charge on any atom is 0.247 e. The van der Waals surface area contributed by atoms with Gasteiger partial charge in [-0.3, -0.25) is 0 Å². The normalized spacial score (nSPS) is 21.6. The predicted molar refractivity (Wildman–Crippen MR) is 54.1 cm³/mol.